The van der Waals surface area contributed by atoms with E-state index in [1.54, 1.807) is 12.1 Å². The Labute approximate surface area is 87.9 Å². The molecule has 0 saturated carbocycles. The molecule has 0 aliphatic heterocycles. The van der Waals surface area contributed by atoms with Crippen LogP contribution in [0.3, 0.4) is 0 Å². The van der Waals surface area contributed by atoms with Gasteiger partial charge in [-0.2, -0.15) is 0 Å². The molecule has 0 aliphatic carbocycles. The van der Waals surface area contributed by atoms with Gasteiger partial charge in [-0.25, -0.2) is 4.79 Å². The number of aryl methyl sites for hydroxylation is 1. The fourth-order valence-electron chi connectivity index (χ4n) is 1.75. The molecule has 3 heteroatoms. The fraction of sp³-hybridized carbons (Fsp3) is 0.250. The molecule has 78 valence electrons. The number of nitrogens with zero attached hydrogens (tertiary/aromatic N) is 1. The third-order valence-corrected chi connectivity index (χ3v) is 2.49. The second-order valence-corrected chi connectivity index (χ2v) is 3.59. The maximum Gasteiger partial charge on any atom is 0.335 e. The first kappa shape index (κ1) is 9.77. The van der Waals surface area contributed by atoms with Crippen LogP contribution in [0.2, 0.25) is 0 Å². The molecule has 0 aliphatic rings. The van der Waals surface area contributed by atoms with Crippen molar-refractivity contribution >= 4 is 16.9 Å². The normalized spacial score (nSPS) is 10.7. The van der Waals surface area contributed by atoms with E-state index in [0.29, 0.717) is 5.56 Å². The Kier molecular flexibility index (Phi) is 2.46. The Morgan fingerprint density at radius 3 is 2.87 bits per heavy atom. The lowest BCUT2D eigenvalue weighted by atomic mass is 10.1. The lowest BCUT2D eigenvalue weighted by Crippen LogP contribution is -1.98. The molecule has 2 rings (SSSR count). The monoisotopic (exact) mass is 203 g/mol. The van der Waals surface area contributed by atoms with Crippen LogP contribution in [-0.2, 0) is 6.54 Å². The van der Waals surface area contributed by atoms with Crippen LogP contribution in [0.5, 0.6) is 0 Å². The third-order valence-electron chi connectivity index (χ3n) is 2.49. The second-order valence-electron chi connectivity index (χ2n) is 3.59. The van der Waals surface area contributed by atoms with E-state index in [0.717, 1.165) is 23.9 Å². The van der Waals surface area contributed by atoms with Gasteiger partial charge in [0.25, 0.3) is 0 Å². The zero-order chi connectivity index (χ0) is 10.8. The highest BCUT2D eigenvalue weighted by Gasteiger charge is 2.06. The fourth-order valence-corrected chi connectivity index (χ4v) is 1.75. The number of carboxylic acids is 1. The van der Waals surface area contributed by atoms with E-state index in [1.807, 2.05) is 18.3 Å². The second kappa shape index (κ2) is 3.77. The van der Waals surface area contributed by atoms with E-state index >= 15 is 0 Å². The van der Waals surface area contributed by atoms with Crippen LogP contribution in [-0.4, -0.2) is 15.6 Å². The van der Waals surface area contributed by atoms with Crippen LogP contribution in [0.1, 0.15) is 23.7 Å². The van der Waals surface area contributed by atoms with Gasteiger partial charge in [0.2, 0.25) is 0 Å². The summed E-state index contributed by atoms with van der Waals surface area (Å²) in [4.78, 5) is 10.8. The van der Waals surface area contributed by atoms with Crippen molar-refractivity contribution in [3.8, 4) is 0 Å². The summed E-state index contributed by atoms with van der Waals surface area (Å²) < 4.78 is 2.09. The molecular formula is C12H13NO2. The average Bonchev–Trinajstić information content (AvgIpc) is 2.61. The standard InChI is InChI=1S/C12H13NO2/c1-2-6-13-7-5-9-3-4-10(12(14)15)8-11(9)13/h3-5,7-8H,2,6H2,1H3,(H,14,15). The maximum absolute atomic E-state index is 10.8. The third kappa shape index (κ3) is 1.73. The maximum atomic E-state index is 10.8. The Morgan fingerprint density at radius 1 is 1.40 bits per heavy atom. The first-order chi connectivity index (χ1) is 7.22. The predicted molar refractivity (Wildman–Crippen MR) is 59.2 cm³/mol. The number of carboxylic acid groups (broad SMARTS) is 1. The van der Waals surface area contributed by atoms with Crippen molar-refractivity contribution in [1.82, 2.24) is 4.57 Å². The first-order valence-corrected chi connectivity index (χ1v) is 5.04. The Balaban J connectivity index is 2.56. The molecule has 0 atom stereocenters. The minimum Gasteiger partial charge on any atom is -0.478 e. The summed E-state index contributed by atoms with van der Waals surface area (Å²) in [5, 5.41) is 9.98. The van der Waals surface area contributed by atoms with Gasteiger partial charge in [0.15, 0.2) is 0 Å². The number of rotatable bonds is 3. The number of aromatic nitrogens is 1. The number of hydrogen-bond acceptors (Lipinski definition) is 1. The summed E-state index contributed by atoms with van der Waals surface area (Å²) in [5.74, 6) is -0.874. The highest BCUT2D eigenvalue weighted by atomic mass is 16.4. The van der Waals surface area contributed by atoms with E-state index in [4.69, 9.17) is 5.11 Å². The van der Waals surface area contributed by atoms with E-state index in [1.165, 1.54) is 0 Å². The summed E-state index contributed by atoms with van der Waals surface area (Å²) in [6.07, 6.45) is 3.04. The van der Waals surface area contributed by atoms with Crippen molar-refractivity contribution in [3.63, 3.8) is 0 Å². The van der Waals surface area contributed by atoms with E-state index < -0.39 is 5.97 Å². The van der Waals surface area contributed by atoms with Crippen LogP contribution in [0, 0.1) is 0 Å². The molecule has 1 N–H and O–H groups in total. The topological polar surface area (TPSA) is 42.2 Å². The smallest absolute Gasteiger partial charge is 0.335 e. The summed E-state index contributed by atoms with van der Waals surface area (Å²) in [7, 11) is 0. The van der Waals surface area contributed by atoms with Gasteiger partial charge in [-0.15, -0.1) is 0 Å². The largest absolute Gasteiger partial charge is 0.478 e. The minimum atomic E-state index is -0.874. The van der Waals surface area contributed by atoms with Crippen LogP contribution in [0.4, 0.5) is 0 Å². The number of hydrogen-bond donors (Lipinski definition) is 1. The summed E-state index contributed by atoms with van der Waals surface area (Å²) >= 11 is 0. The molecule has 3 nitrogen and oxygen atoms in total. The molecule has 15 heavy (non-hydrogen) atoms. The van der Waals surface area contributed by atoms with Gasteiger partial charge in [-0.05, 0) is 30.0 Å². The molecule has 0 saturated heterocycles. The van der Waals surface area contributed by atoms with Crippen molar-refractivity contribution < 1.29 is 9.90 Å². The quantitative estimate of drug-likeness (QED) is 0.833. The summed E-state index contributed by atoms with van der Waals surface area (Å²) in [5.41, 5.74) is 1.34. The summed E-state index contributed by atoms with van der Waals surface area (Å²) in [6, 6.07) is 7.23. The van der Waals surface area contributed by atoms with Crippen LogP contribution < -0.4 is 0 Å². The molecule has 1 aromatic carbocycles. The molecule has 0 bridgehead atoms. The number of carbonyl (C=O) groups is 1. The Hall–Kier alpha value is -1.77. The number of aromatic carboxylic acids is 1. The Bertz CT molecular complexity index is 499. The lowest BCUT2D eigenvalue weighted by Gasteiger charge is -2.03. The zero-order valence-corrected chi connectivity index (χ0v) is 8.60. The number of benzene rings is 1. The van der Waals surface area contributed by atoms with Crippen molar-refractivity contribution in [1.29, 1.82) is 0 Å². The van der Waals surface area contributed by atoms with Gasteiger partial charge in [0, 0.05) is 18.3 Å². The van der Waals surface area contributed by atoms with Gasteiger partial charge in [0.1, 0.15) is 0 Å². The predicted octanol–water partition coefficient (Wildman–Crippen LogP) is 2.75. The molecular weight excluding hydrogens is 190 g/mol. The first-order valence-electron chi connectivity index (χ1n) is 5.04. The average molecular weight is 203 g/mol. The molecule has 1 aromatic heterocycles. The molecule has 1 heterocycles. The van der Waals surface area contributed by atoms with Gasteiger partial charge in [-0.3, -0.25) is 0 Å². The van der Waals surface area contributed by atoms with Crippen LogP contribution in [0.15, 0.2) is 30.5 Å². The van der Waals surface area contributed by atoms with E-state index in [-0.39, 0.29) is 0 Å². The van der Waals surface area contributed by atoms with Crippen molar-refractivity contribution in [2.24, 2.45) is 0 Å². The SMILES string of the molecule is CCCn1ccc2ccc(C(=O)O)cc21. The summed E-state index contributed by atoms with van der Waals surface area (Å²) in [6.45, 7) is 3.03. The number of fused-ring (bicyclic) bond motifs is 1. The highest BCUT2D eigenvalue weighted by molar-refractivity contribution is 5.93. The van der Waals surface area contributed by atoms with Gasteiger partial charge in [0.05, 0.1) is 5.56 Å². The van der Waals surface area contributed by atoms with Gasteiger partial charge in [-0.1, -0.05) is 13.0 Å². The van der Waals surface area contributed by atoms with Crippen molar-refractivity contribution in [3.05, 3.63) is 36.0 Å². The van der Waals surface area contributed by atoms with Gasteiger partial charge < -0.3 is 9.67 Å². The minimum absolute atomic E-state index is 0.346. The molecule has 0 unspecified atom stereocenters. The van der Waals surface area contributed by atoms with Crippen LogP contribution >= 0.6 is 0 Å². The van der Waals surface area contributed by atoms with Crippen molar-refractivity contribution in [2.75, 3.05) is 0 Å². The molecule has 0 amide bonds. The Morgan fingerprint density at radius 2 is 2.20 bits per heavy atom. The molecule has 0 radical (unpaired) electrons. The highest BCUT2D eigenvalue weighted by Crippen LogP contribution is 2.18. The van der Waals surface area contributed by atoms with Gasteiger partial charge >= 0.3 is 5.97 Å². The molecule has 2 aromatic rings. The van der Waals surface area contributed by atoms with Crippen LogP contribution in [0.25, 0.3) is 10.9 Å². The molecule has 0 spiro atoms. The van der Waals surface area contributed by atoms with Crippen molar-refractivity contribution in [2.45, 2.75) is 19.9 Å². The zero-order valence-electron chi connectivity index (χ0n) is 8.60. The molecule has 0 fully saturated rings. The van der Waals surface area contributed by atoms with E-state index in [2.05, 4.69) is 11.5 Å². The van der Waals surface area contributed by atoms with E-state index in [9.17, 15) is 4.79 Å². The lowest BCUT2D eigenvalue weighted by molar-refractivity contribution is 0.0697.